The summed E-state index contributed by atoms with van der Waals surface area (Å²) in [5.74, 6) is 0.425. The van der Waals surface area contributed by atoms with Crippen molar-refractivity contribution in [3.8, 4) is 17.0 Å². The first-order chi connectivity index (χ1) is 13.0. The molecule has 0 bridgehead atoms. The molecule has 0 aliphatic rings. The molecule has 140 valence electrons. The zero-order valence-electron chi connectivity index (χ0n) is 15.0. The van der Waals surface area contributed by atoms with Gasteiger partial charge in [-0.3, -0.25) is 4.79 Å². The first-order valence-corrected chi connectivity index (χ1v) is 9.31. The summed E-state index contributed by atoms with van der Waals surface area (Å²) in [6.45, 7) is 2.28. The van der Waals surface area contributed by atoms with Crippen molar-refractivity contribution < 1.29 is 13.9 Å². The molecule has 0 aliphatic carbocycles. The fourth-order valence-corrected chi connectivity index (χ4v) is 3.24. The first kappa shape index (κ1) is 19.0. The number of halogens is 1. The summed E-state index contributed by atoms with van der Waals surface area (Å²) in [4.78, 5) is 19.8. The second-order valence-electron chi connectivity index (χ2n) is 5.93. The number of rotatable bonds is 7. The number of aromatic amines is 1. The largest absolute Gasteiger partial charge is 0.497 e. The van der Waals surface area contributed by atoms with Crippen LogP contribution in [0.15, 0.2) is 59.9 Å². The van der Waals surface area contributed by atoms with Crippen LogP contribution in [0.25, 0.3) is 11.3 Å². The van der Waals surface area contributed by atoms with Gasteiger partial charge in [-0.25, -0.2) is 9.37 Å². The Labute approximate surface area is 161 Å². The van der Waals surface area contributed by atoms with Crippen LogP contribution in [0.4, 0.5) is 4.39 Å². The number of nitrogens with one attached hydrogen (secondary N) is 2. The highest BCUT2D eigenvalue weighted by Gasteiger charge is 2.16. The number of imidazole rings is 1. The number of methoxy groups -OCH3 is 1. The molecular formula is C20H20FN3O2S. The summed E-state index contributed by atoms with van der Waals surface area (Å²) in [7, 11) is 1.62. The maximum atomic E-state index is 13.0. The third-order valence-electron chi connectivity index (χ3n) is 3.99. The number of hydrogen-bond donors (Lipinski definition) is 2. The van der Waals surface area contributed by atoms with E-state index in [2.05, 4.69) is 15.3 Å². The Kier molecular flexibility index (Phi) is 6.13. The molecule has 7 heteroatoms. The van der Waals surface area contributed by atoms with Crippen LogP contribution in [-0.2, 0) is 11.3 Å². The lowest BCUT2D eigenvalue weighted by Gasteiger charge is -2.11. The zero-order chi connectivity index (χ0) is 19.2. The van der Waals surface area contributed by atoms with Crippen molar-refractivity contribution in [3.05, 3.63) is 66.1 Å². The fraction of sp³-hybridized carbons (Fsp3) is 0.200. The summed E-state index contributed by atoms with van der Waals surface area (Å²) in [6.07, 6.45) is 1.68. The van der Waals surface area contributed by atoms with Gasteiger partial charge in [0.15, 0.2) is 5.16 Å². The number of thioether (sulfide) groups is 1. The molecular weight excluding hydrogens is 365 g/mol. The van der Waals surface area contributed by atoms with Crippen LogP contribution in [0.5, 0.6) is 5.75 Å². The van der Waals surface area contributed by atoms with Gasteiger partial charge in [0.05, 0.1) is 24.3 Å². The fourth-order valence-electron chi connectivity index (χ4n) is 2.44. The van der Waals surface area contributed by atoms with E-state index in [0.717, 1.165) is 22.6 Å². The predicted molar refractivity (Wildman–Crippen MR) is 104 cm³/mol. The van der Waals surface area contributed by atoms with Crippen LogP contribution < -0.4 is 10.1 Å². The van der Waals surface area contributed by atoms with Gasteiger partial charge in [0.25, 0.3) is 0 Å². The normalized spacial score (nSPS) is 11.8. The molecule has 0 aliphatic heterocycles. The van der Waals surface area contributed by atoms with Gasteiger partial charge >= 0.3 is 0 Å². The smallest absolute Gasteiger partial charge is 0.233 e. The molecule has 1 unspecified atom stereocenters. The number of carbonyl (C=O) groups excluding carboxylic acids is 1. The Hall–Kier alpha value is -2.80. The van der Waals surface area contributed by atoms with Gasteiger partial charge in [-0.15, -0.1) is 0 Å². The minimum Gasteiger partial charge on any atom is -0.497 e. The van der Waals surface area contributed by atoms with Gasteiger partial charge in [0.2, 0.25) is 5.91 Å². The van der Waals surface area contributed by atoms with Gasteiger partial charge < -0.3 is 15.0 Å². The van der Waals surface area contributed by atoms with E-state index >= 15 is 0 Å². The molecule has 0 fully saturated rings. The van der Waals surface area contributed by atoms with Gasteiger partial charge in [-0.2, -0.15) is 0 Å². The van der Waals surface area contributed by atoms with Crippen LogP contribution in [0.1, 0.15) is 12.5 Å². The van der Waals surface area contributed by atoms with Crippen molar-refractivity contribution in [1.82, 2.24) is 15.3 Å². The second kappa shape index (κ2) is 8.73. The monoisotopic (exact) mass is 385 g/mol. The molecule has 3 rings (SSSR count). The van der Waals surface area contributed by atoms with Crippen LogP contribution in [0.3, 0.4) is 0 Å². The van der Waals surface area contributed by atoms with Crippen molar-refractivity contribution in [3.63, 3.8) is 0 Å². The highest BCUT2D eigenvalue weighted by Crippen LogP contribution is 2.24. The molecule has 2 aromatic carbocycles. The third-order valence-corrected chi connectivity index (χ3v) is 4.99. The number of nitrogens with zero attached hydrogens (tertiary/aromatic N) is 1. The van der Waals surface area contributed by atoms with Crippen LogP contribution in [0, 0.1) is 5.82 Å². The SMILES string of the molecule is COc1ccc(CNC(=O)C(C)Sc2ncc(-c3ccc(F)cc3)[nH]2)cc1. The Bertz CT molecular complexity index is 894. The molecule has 0 saturated heterocycles. The van der Waals surface area contributed by atoms with E-state index in [1.165, 1.54) is 23.9 Å². The Morgan fingerprint density at radius 3 is 2.59 bits per heavy atom. The third kappa shape index (κ3) is 5.10. The zero-order valence-corrected chi connectivity index (χ0v) is 15.8. The molecule has 1 atom stereocenters. The minimum atomic E-state index is -0.310. The minimum absolute atomic E-state index is 0.0736. The molecule has 1 heterocycles. The highest BCUT2D eigenvalue weighted by atomic mass is 32.2. The number of hydrogen-bond acceptors (Lipinski definition) is 4. The van der Waals surface area contributed by atoms with Crippen molar-refractivity contribution in [1.29, 1.82) is 0 Å². The topological polar surface area (TPSA) is 67.0 Å². The number of H-pyrrole nitrogens is 1. The summed E-state index contributed by atoms with van der Waals surface area (Å²) >= 11 is 1.34. The lowest BCUT2D eigenvalue weighted by molar-refractivity contribution is -0.120. The van der Waals surface area contributed by atoms with Crippen LogP contribution in [0.2, 0.25) is 0 Å². The molecule has 27 heavy (non-hydrogen) atoms. The van der Waals surface area contributed by atoms with E-state index in [1.807, 2.05) is 31.2 Å². The number of benzene rings is 2. The summed E-state index contributed by atoms with van der Waals surface area (Å²) < 4.78 is 18.1. The van der Waals surface area contributed by atoms with Crippen molar-refractivity contribution >= 4 is 17.7 Å². The summed E-state index contributed by atoms with van der Waals surface area (Å²) in [5, 5.41) is 3.25. The van der Waals surface area contributed by atoms with Crippen LogP contribution in [-0.4, -0.2) is 28.2 Å². The molecule has 0 saturated carbocycles. The number of carbonyl (C=O) groups is 1. The Morgan fingerprint density at radius 2 is 1.93 bits per heavy atom. The maximum Gasteiger partial charge on any atom is 0.233 e. The van der Waals surface area contributed by atoms with Crippen molar-refractivity contribution in [2.75, 3.05) is 7.11 Å². The maximum absolute atomic E-state index is 13.0. The summed E-state index contributed by atoms with van der Waals surface area (Å²) in [6, 6.07) is 13.7. The Morgan fingerprint density at radius 1 is 1.22 bits per heavy atom. The molecule has 0 radical (unpaired) electrons. The van der Waals surface area contributed by atoms with Gasteiger partial charge in [0.1, 0.15) is 11.6 Å². The number of aromatic nitrogens is 2. The van der Waals surface area contributed by atoms with Gasteiger partial charge in [0, 0.05) is 6.54 Å². The van der Waals surface area contributed by atoms with E-state index in [4.69, 9.17) is 4.74 Å². The average molecular weight is 385 g/mol. The molecule has 0 spiro atoms. The quantitative estimate of drug-likeness (QED) is 0.603. The molecule has 1 amide bonds. The lowest BCUT2D eigenvalue weighted by Crippen LogP contribution is -2.30. The molecule has 5 nitrogen and oxygen atoms in total. The van der Waals surface area contributed by atoms with Gasteiger partial charge in [-0.1, -0.05) is 23.9 Å². The first-order valence-electron chi connectivity index (χ1n) is 8.43. The molecule has 3 aromatic rings. The number of ether oxygens (including phenoxy) is 1. The van der Waals surface area contributed by atoms with E-state index < -0.39 is 0 Å². The van der Waals surface area contributed by atoms with E-state index in [-0.39, 0.29) is 17.0 Å². The van der Waals surface area contributed by atoms with E-state index in [9.17, 15) is 9.18 Å². The van der Waals surface area contributed by atoms with E-state index in [1.54, 1.807) is 25.4 Å². The van der Waals surface area contributed by atoms with Gasteiger partial charge in [-0.05, 0) is 54.4 Å². The second-order valence-corrected chi connectivity index (χ2v) is 7.26. The van der Waals surface area contributed by atoms with E-state index in [0.29, 0.717) is 11.7 Å². The standard InChI is InChI=1S/C20H20FN3O2S/c1-13(19(25)22-11-14-3-9-17(26-2)10-4-14)27-20-23-12-18(24-20)15-5-7-16(21)8-6-15/h3-10,12-13H,11H2,1-2H3,(H,22,25)(H,23,24). The summed E-state index contributed by atoms with van der Waals surface area (Å²) in [5.41, 5.74) is 2.62. The average Bonchev–Trinajstić information content (AvgIpc) is 3.15. The lowest BCUT2D eigenvalue weighted by atomic mass is 10.2. The van der Waals surface area contributed by atoms with Crippen molar-refractivity contribution in [2.24, 2.45) is 0 Å². The van der Waals surface area contributed by atoms with Crippen molar-refractivity contribution in [2.45, 2.75) is 23.9 Å². The predicted octanol–water partition coefficient (Wildman–Crippen LogP) is 4.02. The number of amides is 1. The molecule has 1 aromatic heterocycles. The molecule has 2 N–H and O–H groups in total. The Balaban J connectivity index is 1.54. The van der Waals surface area contributed by atoms with Crippen LogP contribution >= 0.6 is 11.8 Å². The highest BCUT2D eigenvalue weighted by molar-refractivity contribution is 8.00.